The number of unbranched alkanes of at least 4 members (excludes halogenated alkanes) is 26. The van der Waals surface area contributed by atoms with Gasteiger partial charge in [-0.25, -0.2) is 0 Å². The second kappa shape index (κ2) is 29.1. The maximum absolute atomic E-state index is 7.41. The van der Waals surface area contributed by atoms with Crippen LogP contribution in [-0.4, -0.2) is 23.4 Å². The number of hydrogen-bond donors (Lipinski definition) is 0. The number of fused-ring (bicyclic) bond motifs is 2. The van der Waals surface area contributed by atoms with E-state index in [1.54, 1.807) is 0 Å². The van der Waals surface area contributed by atoms with E-state index in [9.17, 15) is 0 Å². The highest BCUT2D eigenvalue weighted by Gasteiger charge is 2.44. The minimum Gasteiger partial charge on any atom is -0.344 e. The lowest BCUT2D eigenvalue weighted by atomic mass is 9.81. The van der Waals surface area contributed by atoms with Gasteiger partial charge in [-0.3, -0.25) is 0 Å². The Hall–Kier alpha value is -2.84. The van der Waals surface area contributed by atoms with Gasteiger partial charge in [-0.2, -0.15) is 4.58 Å². The van der Waals surface area contributed by atoms with Crippen molar-refractivity contribution >= 4 is 28.7 Å². The number of nitrogens with zero attached hydrogens (tertiary/aromatic N) is 2. The summed E-state index contributed by atoms with van der Waals surface area (Å²) in [6, 6.07) is 18.3. The van der Waals surface area contributed by atoms with Crippen molar-refractivity contribution in [3.8, 4) is 0 Å². The molecule has 2 aromatic carbocycles. The van der Waals surface area contributed by atoms with Gasteiger partial charge in [-0.05, 0) is 74.8 Å². The number of hydrogen-bond acceptors (Lipinski definition) is 1. The SMILES string of the molecule is CCCCCCCCCCCCCCCCN1C(=CC=C2CCCC(C=CC3=[N+](CCCCCCCCCCCCCCCC)c4ccccc4C3(C)C)=C2Cl)C(C)(C)c2ccccc21. The van der Waals surface area contributed by atoms with Gasteiger partial charge in [-0.15, -0.1) is 0 Å². The van der Waals surface area contributed by atoms with Crippen LogP contribution in [0.3, 0.4) is 0 Å². The van der Waals surface area contributed by atoms with Crippen molar-refractivity contribution in [1.29, 1.82) is 0 Å². The molecule has 5 rings (SSSR count). The Morgan fingerprint density at radius 1 is 0.523 bits per heavy atom. The lowest BCUT2D eigenvalue weighted by Gasteiger charge is -2.27. The van der Waals surface area contributed by atoms with Crippen LogP contribution in [0.5, 0.6) is 0 Å². The quantitative estimate of drug-likeness (QED) is 0.0511. The predicted octanol–water partition coefficient (Wildman–Crippen LogP) is 19.9. The van der Waals surface area contributed by atoms with Crippen LogP contribution >= 0.6 is 11.6 Å². The van der Waals surface area contributed by atoms with Gasteiger partial charge >= 0.3 is 0 Å². The van der Waals surface area contributed by atoms with Gasteiger partial charge in [-0.1, -0.05) is 248 Å². The molecule has 0 fully saturated rings. The monoisotopic (exact) mass is 904 g/mol. The lowest BCUT2D eigenvalue weighted by molar-refractivity contribution is -0.438. The number of anilines is 1. The van der Waals surface area contributed by atoms with E-state index in [0.717, 1.165) is 37.4 Å². The molecule has 2 heterocycles. The van der Waals surface area contributed by atoms with Crippen molar-refractivity contribution in [3.63, 3.8) is 0 Å². The predicted molar refractivity (Wildman–Crippen MR) is 289 cm³/mol. The van der Waals surface area contributed by atoms with Gasteiger partial charge in [0.1, 0.15) is 6.54 Å². The molecular weight excluding hydrogens is 808 g/mol. The van der Waals surface area contributed by atoms with E-state index in [1.165, 1.54) is 225 Å². The van der Waals surface area contributed by atoms with Gasteiger partial charge in [0, 0.05) is 52.5 Å². The summed E-state index contributed by atoms with van der Waals surface area (Å²) in [5.74, 6) is 0. The van der Waals surface area contributed by atoms with Crippen LogP contribution in [0, 0.1) is 0 Å². The molecular formula is C62H96ClN2+. The summed E-state index contributed by atoms with van der Waals surface area (Å²) in [5.41, 5.74) is 11.0. The Bertz CT molecular complexity index is 1850. The molecule has 0 spiro atoms. The number of allylic oxidation sites excluding steroid dienone is 8. The second-order valence-corrected chi connectivity index (χ2v) is 21.8. The van der Waals surface area contributed by atoms with Crippen LogP contribution < -0.4 is 4.90 Å². The third kappa shape index (κ3) is 16.1. The molecule has 3 heteroatoms. The van der Waals surface area contributed by atoms with Crippen LogP contribution in [-0.2, 0) is 10.8 Å². The molecule has 2 nitrogen and oxygen atoms in total. The van der Waals surface area contributed by atoms with Gasteiger partial charge in [0.25, 0.3) is 0 Å². The Labute approximate surface area is 406 Å². The highest BCUT2D eigenvalue weighted by molar-refractivity contribution is 6.32. The fourth-order valence-corrected chi connectivity index (χ4v) is 11.6. The van der Waals surface area contributed by atoms with Crippen molar-refractivity contribution in [2.75, 3.05) is 18.0 Å². The van der Waals surface area contributed by atoms with Crippen molar-refractivity contribution in [3.05, 3.63) is 106 Å². The molecule has 0 bridgehead atoms. The minimum atomic E-state index is -0.0483. The standard InChI is InChI=1S/C62H96ClN2/c1-7-9-11-13-15-17-19-21-23-25-27-29-31-37-50-64-56-44-35-33-42-54(56)61(3,4)58(64)48-46-52-40-39-41-53(60(52)63)47-49-59-62(5,6)55-43-34-36-45-57(55)65(59)51-38-32-30-28-26-24-22-20-18-16-14-12-10-8-2/h33-36,42-49H,7-32,37-41,50-51H2,1-6H3/q+1. The summed E-state index contributed by atoms with van der Waals surface area (Å²) in [5, 5.41) is 0.962. The Balaban J connectivity index is 1.16. The molecule has 3 aliphatic rings. The first kappa shape index (κ1) is 53.1. The first-order chi connectivity index (χ1) is 31.7. The maximum atomic E-state index is 7.41. The summed E-state index contributed by atoms with van der Waals surface area (Å²) in [7, 11) is 0. The van der Waals surface area contributed by atoms with E-state index < -0.39 is 0 Å². The largest absolute Gasteiger partial charge is 0.344 e. The fraction of sp³-hybridized carbons (Fsp3) is 0.661. The van der Waals surface area contributed by atoms with E-state index >= 15 is 0 Å². The molecule has 2 aliphatic heterocycles. The van der Waals surface area contributed by atoms with Crippen LogP contribution in [0.1, 0.15) is 252 Å². The van der Waals surface area contributed by atoms with E-state index in [1.807, 2.05) is 0 Å². The summed E-state index contributed by atoms with van der Waals surface area (Å²) in [6.45, 7) is 16.4. The third-order valence-corrected chi connectivity index (χ3v) is 15.9. The highest BCUT2D eigenvalue weighted by Crippen LogP contribution is 2.48. The summed E-state index contributed by atoms with van der Waals surface area (Å²) < 4.78 is 2.64. The second-order valence-electron chi connectivity index (χ2n) is 21.4. The molecule has 0 aromatic heterocycles. The van der Waals surface area contributed by atoms with Crippen molar-refractivity contribution in [2.45, 2.75) is 251 Å². The van der Waals surface area contributed by atoms with E-state index in [-0.39, 0.29) is 10.8 Å². The molecule has 1 aliphatic carbocycles. The first-order valence-corrected chi connectivity index (χ1v) is 28.2. The zero-order chi connectivity index (χ0) is 46.2. The maximum Gasteiger partial charge on any atom is 0.209 e. The molecule has 0 amide bonds. The average Bonchev–Trinajstić information content (AvgIpc) is 3.66. The Morgan fingerprint density at radius 3 is 1.55 bits per heavy atom. The van der Waals surface area contributed by atoms with E-state index in [4.69, 9.17) is 11.6 Å². The van der Waals surface area contributed by atoms with Crippen LogP contribution in [0.25, 0.3) is 0 Å². The van der Waals surface area contributed by atoms with E-state index in [0.29, 0.717) is 0 Å². The molecule has 360 valence electrons. The average molecular weight is 905 g/mol. The molecule has 2 aromatic rings. The molecule has 0 N–H and O–H groups in total. The van der Waals surface area contributed by atoms with Gasteiger partial charge < -0.3 is 4.90 Å². The topological polar surface area (TPSA) is 6.25 Å². The van der Waals surface area contributed by atoms with Crippen molar-refractivity contribution in [1.82, 2.24) is 0 Å². The number of halogens is 1. The number of benzene rings is 2. The van der Waals surface area contributed by atoms with Crippen molar-refractivity contribution < 1.29 is 4.58 Å². The minimum absolute atomic E-state index is 0.0483. The Kier molecular flexibility index (Phi) is 23.8. The highest BCUT2D eigenvalue weighted by atomic mass is 35.5. The summed E-state index contributed by atoms with van der Waals surface area (Å²) in [4.78, 5) is 2.64. The lowest BCUT2D eigenvalue weighted by Crippen LogP contribution is -2.28. The molecule has 0 unspecified atom stereocenters. The zero-order valence-electron chi connectivity index (χ0n) is 43.0. The van der Waals surface area contributed by atoms with Gasteiger partial charge in [0.05, 0.1) is 5.41 Å². The smallest absolute Gasteiger partial charge is 0.209 e. The summed E-state index contributed by atoms with van der Waals surface area (Å²) in [6.07, 6.45) is 51.8. The Morgan fingerprint density at radius 2 is 1.00 bits per heavy atom. The zero-order valence-corrected chi connectivity index (χ0v) is 43.8. The van der Waals surface area contributed by atoms with Crippen LogP contribution in [0.2, 0.25) is 0 Å². The fourth-order valence-electron chi connectivity index (χ4n) is 11.3. The molecule has 0 saturated heterocycles. The number of para-hydroxylation sites is 2. The molecule has 65 heavy (non-hydrogen) atoms. The molecule has 0 atom stereocenters. The molecule has 0 radical (unpaired) electrons. The van der Waals surface area contributed by atoms with E-state index in [2.05, 4.69) is 124 Å². The normalized spacial score (nSPS) is 18.0. The first-order valence-electron chi connectivity index (χ1n) is 27.8. The van der Waals surface area contributed by atoms with Crippen LogP contribution in [0.15, 0.2) is 94.7 Å². The molecule has 0 saturated carbocycles. The van der Waals surface area contributed by atoms with Crippen LogP contribution in [0.4, 0.5) is 11.4 Å². The van der Waals surface area contributed by atoms with Gasteiger partial charge in [0.15, 0.2) is 5.71 Å². The van der Waals surface area contributed by atoms with Gasteiger partial charge in [0.2, 0.25) is 5.69 Å². The van der Waals surface area contributed by atoms with Crippen molar-refractivity contribution in [2.24, 2.45) is 0 Å². The third-order valence-electron chi connectivity index (χ3n) is 15.4. The number of rotatable bonds is 33. The summed E-state index contributed by atoms with van der Waals surface area (Å²) >= 11 is 7.41.